The van der Waals surface area contributed by atoms with Gasteiger partial charge >= 0.3 is 12.1 Å². The second-order valence-electron chi connectivity index (χ2n) is 7.38. The zero-order chi connectivity index (χ0) is 16.5. The molecule has 2 rings (SSSR count). The number of esters is 1. The number of carbonyl (C=O) groups is 2. The summed E-state index contributed by atoms with van der Waals surface area (Å²) in [6, 6.07) is -0.0860. The van der Waals surface area contributed by atoms with Gasteiger partial charge in [-0.25, -0.2) is 4.79 Å². The summed E-state index contributed by atoms with van der Waals surface area (Å²) < 4.78 is 10.7. The van der Waals surface area contributed by atoms with Gasteiger partial charge in [-0.1, -0.05) is 0 Å². The lowest BCUT2D eigenvalue weighted by molar-refractivity contribution is -0.145. The van der Waals surface area contributed by atoms with Crippen LogP contribution in [0.5, 0.6) is 0 Å². The van der Waals surface area contributed by atoms with E-state index in [4.69, 9.17) is 9.47 Å². The van der Waals surface area contributed by atoms with Gasteiger partial charge in [-0.3, -0.25) is 9.69 Å². The van der Waals surface area contributed by atoms with E-state index < -0.39 is 5.60 Å². The first-order valence-corrected chi connectivity index (χ1v) is 8.08. The molecule has 0 spiro atoms. The summed E-state index contributed by atoms with van der Waals surface area (Å²) in [6.07, 6.45) is 2.32. The maximum Gasteiger partial charge on any atom is 0.410 e. The monoisotopic (exact) mass is 312 g/mol. The summed E-state index contributed by atoms with van der Waals surface area (Å²) in [4.78, 5) is 27.9. The van der Waals surface area contributed by atoms with E-state index in [0.29, 0.717) is 6.54 Å². The molecule has 0 radical (unpaired) electrons. The predicted octanol–water partition coefficient (Wildman–Crippen LogP) is 2.02. The van der Waals surface area contributed by atoms with E-state index in [1.54, 1.807) is 11.9 Å². The molecule has 6 nitrogen and oxygen atoms in total. The van der Waals surface area contributed by atoms with Crippen LogP contribution in [0.1, 0.15) is 47.0 Å². The van der Waals surface area contributed by atoms with E-state index in [2.05, 4.69) is 4.90 Å². The Labute approximate surface area is 132 Å². The van der Waals surface area contributed by atoms with Crippen LogP contribution in [0.4, 0.5) is 4.79 Å². The van der Waals surface area contributed by atoms with E-state index in [9.17, 15) is 9.59 Å². The third-order valence-electron chi connectivity index (χ3n) is 4.24. The number of hydrogen-bond donors (Lipinski definition) is 0. The van der Waals surface area contributed by atoms with Crippen molar-refractivity contribution in [2.75, 3.05) is 20.1 Å². The molecule has 0 aromatic carbocycles. The number of nitrogens with zero attached hydrogens (tertiary/aromatic N) is 2. The van der Waals surface area contributed by atoms with Crippen molar-refractivity contribution in [1.29, 1.82) is 0 Å². The Bertz CT molecular complexity index is 432. The summed E-state index contributed by atoms with van der Waals surface area (Å²) in [7, 11) is 1.78. The average Bonchev–Trinajstić information content (AvgIpc) is 2.75. The van der Waals surface area contributed by atoms with Crippen molar-refractivity contribution >= 4 is 12.1 Å². The fourth-order valence-electron chi connectivity index (χ4n) is 3.10. The van der Waals surface area contributed by atoms with Crippen molar-refractivity contribution in [1.82, 2.24) is 9.80 Å². The highest BCUT2D eigenvalue weighted by molar-refractivity contribution is 5.78. The Morgan fingerprint density at radius 3 is 2.64 bits per heavy atom. The molecule has 2 saturated heterocycles. The number of carbonyl (C=O) groups excluding carboxylic acids is 2. The van der Waals surface area contributed by atoms with Crippen molar-refractivity contribution < 1.29 is 19.1 Å². The standard InChI is InChI=1S/C16H28N2O4/c1-11-9-13(14(19)21-11)18-8-6-7-12(10-18)17(5)15(20)22-16(2,3)4/h11-13H,6-10H2,1-5H3/t11-,12-,13-/m1/s1. The van der Waals surface area contributed by atoms with Crippen LogP contribution in [-0.4, -0.2) is 65.8 Å². The molecule has 22 heavy (non-hydrogen) atoms. The van der Waals surface area contributed by atoms with Crippen molar-refractivity contribution in [3.05, 3.63) is 0 Å². The van der Waals surface area contributed by atoms with Crippen LogP contribution < -0.4 is 0 Å². The van der Waals surface area contributed by atoms with Crippen LogP contribution in [0.3, 0.4) is 0 Å². The number of likely N-dealkylation sites (N-methyl/N-ethyl adjacent to an activating group) is 1. The third-order valence-corrected chi connectivity index (χ3v) is 4.24. The third kappa shape index (κ3) is 4.12. The highest BCUT2D eigenvalue weighted by Gasteiger charge is 2.39. The molecular weight excluding hydrogens is 284 g/mol. The van der Waals surface area contributed by atoms with Gasteiger partial charge in [0.1, 0.15) is 17.7 Å². The van der Waals surface area contributed by atoms with E-state index in [1.807, 2.05) is 27.7 Å². The van der Waals surface area contributed by atoms with E-state index >= 15 is 0 Å². The lowest BCUT2D eigenvalue weighted by Gasteiger charge is -2.39. The molecule has 0 aromatic heterocycles. The minimum atomic E-state index is -0.496. The van der Waals surface area contributed by atoms with Crippen molar-refractivity contribution in [2.45, 2.75) is 70.7 Å². The first-order valence-electron chi connectivity index (χ1n) is 8.08. The minimum absolute atomic E-state index is 0.0125. The van der Waals surface area contributed by atoms with Crippen LogP contribution in [0.15, 0.2) is 0 Å². The van der Waals surface area contributed by atoms with E-state index in [0.717, 1.165) is 25.8 Å². The molecule has 126 valence electrons. The van der Waals surface area contributed by atoms with Gasteiger partial charge in [-0.2, -0.15) is 0 Å². The molecule has 1 amide bonds. The average molecular weight is 312 g/mol. The Balaban J connectivity index is 1.95. The Morgan fingerprint density at radius 2 is 2.09 bits per heavy atom. The molecule has 2 aliphatic rings. The van der Waals surface area contributed by atoms with Gasteiger partial charge in [-0.05, 0) is 47.1 Å². The Hall–Kier alpha value is -1.30. The summed E-state index contributed by atoms with van der Waals surface area (Å²) >= 11 is 0. The topological polar surface area (TPSA) is 59.1 Å². The summed E-state index contributed by atoms with van der Waals surface area (Å²) in [6.45, 7) is 9.09. The SMILES string of the molecule is C[C@@H]1C[C@@H](N2CCC[C@@H](N(C)C(=O)OC(C)(C)C)C2)C(=O)O1. The number of ether oxygens (including phenoxy) is 2. The Morgan fingerprint density at radius 1 is 1.41 bits per heavy atom. The highest BCUT2D eigenvalue weighted by atomic mass is 16.6. The first-order chi connectivity index (χ1) is 10.2. The number of rotatable bonds is 2. The van der Waals surface area contributed by atoms with Crippen LogP contribution in [-0.2, 0) is 14.3 Å². The molecule has 0 N–H and O–H groups in total. The summed E-state index contributed by atoms with van der Waals surface area (Å²) in [5, 5.41) is 0. The number of hydrogen-bond acceptors (Lipinski definition) is 5. The van der Waals surface area contributed by atoms with Crippen LogP contribution >= 0.6 is 0 Å². The molecule has 2 heterocycles. The molecule has 2 aliphatic heterocycles. The fourth-order valence-corrected chi connectivity index (χ4v) is 3.10. The maximum absolute atomic E-state index is 12.2. The second kappa shape index (κ2) is 6.44. The van der Waals surface area contributed by atoms with Crippen LogP contribution in [0, 0.1) is 0 Å². The number of cyclic esters (lactones) is 1. The second-order valence-corrected chi connectivity index (χ2v) is 7.38. The predicted molar refractivity (Wildman–Crippen MR) is 82.6 cm³/mol. The minimum Gasteiger partial charge on any atom is -0.461 e. The lowest BCUT2D eigenvalue weighted by Crippen LogP contribution is -2.53. The van der Waals surface area contributed by atoms with Gasteiger partial charge < -0.3 is 14.4 Å². The lowest BCUT2D eigenvalue weighted by atomic mass is 10.0. The molecule has 0 unspecified atom stereocenters. The fraction of sp³-hybridized carbons (Fsp3) is 0.875. The zero-order valence-corrected chi connectivity index (χ0v) is 14.3. The van der Waals surface area contributed by atoms with Gasteiger partial charge in [0.2, 0.25) is 0 Å². The van der Waals surface area contributed by atoms with Crippen molar-refractivity contribution in [3.8, 4) is 0 Å². The molecule has 0 saturated carbocycles. The normalized spacial score (nSPS) is 30.0. The van der Waals surface area contributed by atoms with Crippen LogP contribution in [0.2, 0.25) is 0 Å². The number of piperidine rings is 1. The van der Waals surface area contributed by atoms with Gasteiger partial charge in [0.25, 0.3) is 0 Å². The van der Waals surface area contributed by atoms with Crippen LogP contribution in [0.25, 0.3) is 0 Å². The van der Waals surface area contributed by atoms with E-state index in [1.165, 1.54) is 0 Å². The quantitative estimate of drug-likeness (QED) is 0.730. The number of amides is 1. The Kier molecular flexibility index (Phi) is 5.00. The summed E-state index contributed by atoms with van der Waals surface area (Å²) in [5.74, 6) is -0.131. The van der Waals surface area contributed by atoms with Crippen molar-refractivity contribution in [2.24, 2.45) is 0 Å². The zero-order valence-electron chi connectivity index (χ0n) is 14.3. The molecule has 0 aliphatic carbocycles. The van der Waals surface area contributed by atoms with Gasteiger partial charge in [0.15, 0.2) is 0 Å². The molecule has 3 atom stereocenters. The number of likely N-dealkylation sites (tertiary alicyclic amines) is 1. The van der Waals surface area contributed by atoms with Gasteiger partial charge in [0, 0.05) is 26.1 Å². The first kappa shape index (κ1) is 17.1. The van der Waals surface area contributed by atoms with Crippen molar-refractivity contribution in [3.63, 3.8) is 0 Å². The summed E-state index contributed by atoms with van der Waals surface area (Å²) in [5.41, 5.74) is -0.496. The van der Waals surface area contributed by atoms with E-state index in [-0.39, 0.29) is 30.3 Å². The molecule has 0 bridgehead atoms. The smallest absolute Gasteiger partial charge is 0.410 e. The highest BCUT2D eigenvalue weighted by Crippen LogP contribution is 2.25. The van der Waals surface area contributed by atoms with Gasteiger partial charge in [-0.15, -0.1) is 0 Å². The van der Waals surface area contributed by atoms with Gasteiger partial charge in [0.05, 0.1) is 0 Å². The molecule has 6 heteroatoms. The maximum atomic E-state index is 12.2. The largest absolute Gasteiger partial charge is 0.461 e. The molecule has 0 aromatic rings. The molecule has 2 fully saturated rings. The molecular formula is C16H28N2O4.